The maximum atomic E-state index is 14.1. The maximum Gasteiger partial charge on any atom is 0.264 e. The summed E-state index contributed by atoms with van der Waals surface area (Å²) >= 11 is 6.37. The molecule has 5 N–H and O–H groups in total. The van der Waals surface area contributed by atoms with Crippen LogP contribution < -0.4 is 16.0 Å². The highest BCUT2D eigenvalue weighted by atomic mass is 35.5. The smallest absolute Gasteiger partial charge is 0.264 e. The number of aliphatic hydroxyl groups excluding tert-OH is 1. The van der Waals surface area contributed by atoms with Crippen molar-refractivity contribution >= 4 is 40.5 Å². The van der Waals surface area contributed by atoms with E-state index in [2.05, 4.69) is 15.6 Å². The molecule has 5 aromatic rings. The number of halogens is 1. The number of nitrogens with two attached hydrogens (primary N) is 1. The van der Waals surface area contributed by atoms with Crippen molar-refractivity contribution in [3.8, 4) is 0 Å². The summed E-state index contributed by atoms with van der Waals surface area (Å²) in [4.78, 5) is 28.4. The average molecular weight is 677 g/mol. The molecule has 4 aromatic carbocycles. The van der Waals surface area contributed by atoms with E-state index in [4.69, 9.17) is 17.3 Å². The highest BCUT2D eigenvalue weighted by molar-refractivity contribution is 6.31. The summed E-state index contributed by atoms with van der Waals surface area (Å²) < 4.78 is 1.72. The molecule has 0 spiro atoms. The van der Waals surface area contributed by atoms with Gasteiger partial charge in [0.15, 0.2) is 5.60 Å². The molecule has 6 rings (SSSR count). The van der Waals surface area contributed by atoms with Gasteiger partial charge in [0.1, 0.15) is 0 Å². The molecule has 0 fully saturated rings. The topological polar surface area (TPSA) is 147 Å². The third-order valence-corrected chi connectivity index (χ3v) is 9.07. The van der Waals surface area contributed by atoms with Crippen LogP contribution in [0.4, 0.5) is 17.1 Å². The summed E-state index contributed by atoms with van der Waals surface area (Å²) in [6, 6.07) is 28.6. The van der Waals surface area contributed by atoms with Crippen molar-refractivity contribution in [3.63, 3.8) is 0 Å². The molecular formula is C38H37ClN6O4. The second-order valence-corrected chi connectivity index (χ2v) is 12.6. The molecule has 0 saturated heterocycles. The van der Waals surface area contributed by atoms with Gasteiger partial charge in [-0.1, -0.05) is 78.4 Å². The molecule has 2 amide bonds. The standard InChI is InChI=1S/C38H37ClN6O4/c1-25(8-5-6-19-44-23-34(42-43-44)32(24-46)27-10-3-2-4-11-27)38(49)33-21-29(39)15-18-35(33)45(37(38)48)22-26-9-7-12-31(20-26)41-36(47)28-13-16-30(40)17-14-28/h2-5,7-18,20-21,23,25,32,46,49H,6,19,22,24,40H2,1H3,(H,41,47)/b8-5+/t25-,32?,38+/m0/s1. The number of amides is 2. The molecule has 1 aromatic heterocycles. The monoisotopic (exact) mass is 676 g/mol. The van der Waals surface area contributed by atoms with E-state index in [1.807, 2.05) is 54.7 Å². The Bertz CT molecular complexity index is 1980. The zero-order valence-corrected chi connectivity index (χ0v) is 27.7. The van der Waals surface area contributed by atoms with Crippen LogP contribution in [-0.2, 0) is 23.5 Å². The summed E-state index contributed by atoms with van der Waals surface area (Å²) in [5.41, 5.74) is 8.92. The normalized spacial score (nSPS) is 16.9. The number of nitrogens with one attached hydrogen (secondary N) is 1. The molecule has 0 aliphatic carbocycles. The number of aliphatic hydroxyl groups is 2. The van der Waals surface area contributed by atoms with Crippen LogP contribution in [0.2, 0.25) is 5.02 Å². The first kappa shape index (κ1) is 33.6. The van der Waals surface area contributed by atoms with Crippen LogP contribution in [0.3, 0.4) is 0 Å². The molecule has 3 atom stereocenters. The number of anilines is 3. The predicted molar refractivity (Wildman–Crippen MR) is 190 cm³/mol. The third kappa shape index (κ3) is 7.12. The van der Waals surface area contributed by atoms with Crippen molar-refractivity contribution in [3.05, 3.63) is 148 Å². The van der Waals surface area contributed by atoms with Crippen LogP contribution >= 0.6 is 11.6 Å². The van der Waals surface area contributed by atoms with Crippen LogP contribution in [0.25, 0.3) is 0 Å². The minimum Gasteiger partial charge on any atom is -0.399 e. The number of benzene rings is 4. The van der Waals surface area contributed by atoms with E-state index in [1.54, 1.807) is 77.2 Å². The van der Waals surface area contributed by atoms with Gasteiger partial charge in [0.2, 0.25) is 0 Å². The molecule has 1 unspecified atom stereocenters. The quantitative estimate of drug-likeness (QED) is 0.0950. The first-order valence-electron chi connectivity index (χ1n) is 16.0. The van der Waals surface area contributed by atoms with Gasteiger partial charge in [-0.25, -0.2) is 0 Å². The van der Waals surface area contributed by atoms with E-state index in [0.29, 0.717) is 51.9 Å². The third-order valence-electron chi connectivity index (χ3n) is 8.84. The average Bonchev–Trinajstić information content (AvgIpc) is 3.65. The summed E-state index contributed by atoms with van der Waals surface area (Å²) in [7, 11) is 0. The number of rotatable bonds is 12. The lowest BCUT2D eigenvalue weighted by Gasteiger charge is -2.27. The highest BCUT2D eigenvalue weighted by Crippen LogP contribution is 2.46. The fourth-order valence-electron chi connectivity index (χ4n) is 6.13. The van der Waals surface area contributed by atoms with E-state index in [9.17, 15) is 19.8 Å². The number of fused-ring (bicyclic) bond motifs is 1. The number of allylic oxidation sites excluding steroid dienone is 1. The van der Waals surface area contributed by atoms with Gasteiger partial charge in [0.05, 0.1) is 30.5 Å². The van der Waals surface area contributed by atoms with E-state index in [1.165, 1.54) is 0 Å². The van der Waals surface area contributed by atoms with Gasteiger partial charge in [-0.15, -0.1) is 5.10 Å². The number of hydrogen-bond donors (Lipinski definition) is 4. The lowest BCUT2D eigenvalue weighted by atomic mass is 9.83. The fraction of sp³-hybridized carbons (Fsp3) is 0.211. The lowest BCUT2D eigenvalue weighted by Crippen LogP contribution is -2.44. The van der Waals surface area contributed by atoms with Crippen LogP contribution in [0, 0.1) is 5.92 Å². The molecular weight excluding hydrogens is 640 g/mol. The Morgan fingerprint density at radius 1 is 1.04 bits per heavy atom. The van der Waals surface area contributed by atoms with Crippen molar-refractivity contribution in [2.24, 2.45) is 5.92 Å². The number of hydrogen-bond acceptors (Lipinski definition) is 7. The van der Waals surface area contributed by atoms with Crippen LogP contribution in [0.5, 0.6) is 0 Å². The number of nitrogens with zero attached hydrogens (tertiary/aromatic N) is 4. The number of aromatic nitrogens is 3. The van der Waals surface area contributed by atoms with Gasteiger partial charge < -0.3 is 26.2 Å². The van der Waals surface area contributed by atoms with E-state index in [-0.39, 0.29) is 25.0 Å². The van der Waals surface area contributed by atoms with Crippen molar-refractivity contribution < 1.29 is 19.8 Å². The zero-order chi connectivity index (χ0) is 34.5. The van der Waals surface area contributed by atoms with Crippen LogP contribution in [0.15, 0.2) is 115 Å². The SMILES string of the molecule is C[C@@H](/C=C/CCn1cc(C(CO)c2ccccc2)nn1)[C@]1(O)C(=O)N(Cc2cccc(NC(=O)c3ccc(N)cc3)c2)c2ccc(Cl)cc21. The number of aryl methyl sites for hydroxylation is 1. The van der Waals surface area contributed by atoms with Gasteiger partial charge in [-0.05, 0) is 72.1 Å². The Labute approximate surface area is 289 Å². The maximum absolute atomic E-state index is 14.1. The Balaban J connectivity index is 1.14. The molecule has 0 saturated carbocycles. The van der Waals surface area contributed by atoms with Crippen molar-refractivity contribution in [1.29, 1.82) is 0 Å². The molecule has 0 bridgehead atoms. The molecule has 10 nitrogen and oxygen atoms in total. The molecule has 1 aliphatic heterocycles. The van der Waals surface area contributed by atoms with Crippen molar-refractivity contribution in [2.75, 3.05) is 22.6 Å². The van der Waals surface area contributed by atoms with Gasteiger partial charge in [-0.2, -0.15) is 0 Å². The summed E-state index contributed by atoms with van der Waals surface area (Å²) in [6.07, 6.45) is 6.15. The molecule has 0 radical (unpaired) electrons. The van der Waals surface area contributed by atoms with Gasteiger partial charge >= 0.3 is 0 Å². The molecule has 11 heteroatoms. The minimum absolute atomic E-state index is 0.0816. The Kier molecular flexibility index (Phi) is 9.91. The van der Waals surface area contributed by atoms with Crippen molar-refractivity contribution in [1.82, 2.24) is 15.0 Å². The zero-order valence-electron chi connectivity index (χ0n) is 26.9. The van der Waals surface area contributed by atoms with Gasteiger partial charge in [0.25, 0.3) is 11.8 Å². The van der Waals surface area contributed by atoms with E-state index in [0.717, 1.165) is 11.1 Å². The van der Waals surface area contributed by atoms with E-state index >= 15 is 0 Å². The molecule has 250 valence electrons. The second-order valence-electron chi connectivity index (χ2n) is 12.2. The second kappa shape index (κ2) is 14.4. The Morgan fingerprint density at radius 2 is 1.82 bits per heavy atom. The van der Waals surface area contributed by atoms with Crippen LogP contribution in [0.1, 0.15) is 52.0 Å². The minimum atomic E-state index is -1.85. The van der Waals surface area contributed by atoms with Crippen LogP contribution in [-0.4, -0.2) is 43.6 Å². The molecule has 2 heterocycles. The highest BCUT2D eigenvalue weighted by Gasteiger charge is 2.52. The Hall–Kier alpha value is -5.29. The summed E-state index contributed by atoms with van der Waals surface area (Å²) in [5, 5.41) is 33.9. The first-order valence-corrected chi connectivity index (χ1v) is 16.4. The fourth-order valence-corrected chi connectivity index (χ4v) is 6.30. The predicted octanol–water partition coefficient (Wildman–Crippen LogP) is 5.91. The molecule has 1 aliphatic rings. The first-order chi connectivity index (χ1) is 23.7. The number of nitrogen functional groups attached to an aromatic ring is 1. The van der Waals surface area contributed by atoms with Crippen molar-refractivity contribution in [2.45, 2.75) is 38.0 Å². The van der Waals surface area contributed by atoms with E-state index < -0.39 is 17.4 Å². The largest absolute Gasteiger partial charge is 0.399 e. The number of carbonyl (C=O) groups is 2. The van der Waals surface area contributed by atoms with Gasteiger partial charge in [0, 0.05) is 46.2 Å². The van der Waals surface area contributed by atoms with Gasteiger partial charge in [-0.3, -0.25) is 14.3 Å². The Morgan fingerprint density at radius 3 is 2.57 bits per heavy atom. The lowest BCUT2D eigenvalue weighted by molar-refractivity contribution is -0.139. The number of carbonyl (C=O) groups excluding carboxylic acids is 2. The summed E-state index contributed by atoms with van der Waals surface area (Å²) in [5.74, 6) is -1.60. The molecule has 49 heavy (non-hydrogen) atoms. The summed E-state index contributed by atoms with van der Waals surface area (Å²) in [6.45, 7) is 2.41.